The van der Waals surface area contributed by atoms with Crippen LogP contribution in [0.25, 0.3) is 0 Å². The Morgan fingerprint density at radius 3 is 2.70 bits per heavy atom. The maximum atomic E-state index is 12.1. The summed E-state index contributed by atoms with van der Waals surface area (Å²) in [6.07, 6.45) is 2.18. The molecule has 0 aliphatic carbocycles. The second-order valence-corrected chi connectivity index (χ2v) is 6.66. The molecule has 1 unspecified atom stereocenters. The molecule has 0 aromatic heterocycles. The first-order valence-electron chi connectivity index (χ1n) is 7.08. The molecule has 0 saturated carbocycles. The highest BCUT2D eigenvalue weighted by Gasteiger charge is 2.23. The maximum absolute atomic E-state index is 12.1. The van der Waals surface area contributed by atoms with Crippen LogP contribution in [0.3, 0.4) is 0 Å². The summed E-state index contributed by atoms with van der Waals surface area (Å²) >= 11 is 2.23. The van der Waals surface area contributed by atoms with Crippen molar-refractivity contribution in [1.29, 1.82) is 0 Å². The predicted octanol–water partition coefficient (Wildman–Crippen LogP) is 2.29. The highest BCUT2D eigenvalue weighted by atomic mass is 127. The molecule has 0 bridgehead atoms. The fourth-order valence-corrected chi connectivity index (χ4v) is 3.11. The molecule has 1 aliphatic heterocycles. The first-order chi connectivity index (χ1) is 9.56. The fraction of sp³-hybridized carbons (Fsp3) is 0.533. The van der Waals surface area contributed by atoms with Gasteiger partial charge in [0.25, 0.3) is 0 Å². The van der Waals surface area contributed by atoms with Gasteiger partial charge in [-0.25, -0.2) is 0 Å². The van der Waals surface area contributed by atoms with E-state index >= 15 is 0 Å². The Kier molecular flexibility index (Phi) is 5.80. The van der Waals surface area contributed by atoms with E-state index in [1.165, 1.54) is 0 Å². The van der Waals surface area contributed by atoms with Crippen molar-refractivity contribution in [3.05, 3.63) is 27.8 Å². The van der Waals surface area contributed by atoms with Crippen LogP contribution in [0.1, 0.15) is 19.8 Å². The zero-order valence-corrected chi connectivity index (χ0v) is 14.0. The first kappa shape index (κ1) is 15.7. The second-order valence-electron chi connectivity index (χ2n) is 5.50. The molecule has 20 heavy (non-hydrogen) atoms. The van der Waals surface area contributed by atoms with E-state index in [1.54, 1.807) is 0 Å². The molecule has 1 aromatic rings. The van der Waals surface area contributed by atoms with Crippen molar-refractivity contribution in [2.24, 2.45) is 11.7 Å². The van der Waals surface area contributed by atoms with Gasteiger partial charge < -0.3 is 11.1 Å². The molecular formula is C15H22IN3O. The summed E-state index contributed by atoms with van der Waals surface area (Å²) in [6, 6.07) is 8.09. The fourth-order valence-electron chi connectivity index (χ4n) is 2.59. The van der Waals surface area contributed by atoms with Gasteiger partial charge in [0, 0.05) is 9.61 Å². The number of hydrogen-bond donors (Lipinski definition) is 2. The molecule has 0 spiro atoms. The standard InChI is InChI=1S/C15H22IN3O/c1-11(17)12-6-8-19(9-7-12)10-15(20)18-14-5-3-2-4-13(14)16/h2-5,11-12H,6-10,17H2,1H3,(H,18,20). The lowest BCUT2D eigenvalue weighted by Gasteiger charge is -2.33. The summed E-state index contributed by atoms with van der Waals surface area (Å²) < 4.78 is 1.06. The van der Waals surface area contributed by atoms with Crippen LogP contribution in [0.15, 0.2) is 24.3 Å². The van der Waals surface area contributed by atoms with Crippen LogP contribution >= 0.6 is 22.6 Å². The molecule has 2 rings (SSSR count). The van der Waals surface area contributed by atoms with Crippen LogP contribution in [0.5, 0.6) is 0 Å². The summed E-state index contributed by atoms with van der Waals surface area (Å²) in [6.45, 7) is 4.47. The molecule has 1 amide bonds. The van der Waals surface area contributed by atoms with Crippen molar-refractivity contribution in [2.45, 2.75) is 25.8 Å². The third kappa shape index (κ3) is 4.43. The van der Waals surface area contributed by atoms with E-state index < -0.39 is 0 Å². The summed E-state index contributed by atoms with van der Waals surface area (Å²) in [5.41, 5.74) is 6.83. The Morgan fingerprint density at radius 1 is 1.45 bits per heavy atom. The summed E-state index contributed by atoms with van der Waals surface area (Å²) in [4.78, 5) is 14.3. The molecule has 0 radical (unpaired) electrons. The quantitative estimate of drug-likeness (QED) is 0.780. The van der Waals surface area contributed by atoms with Crippen LogP contribution in [0, 0.1) is 9.49 Å². The van der Waals surface area contributed by atoms with Gasteiger partial charge in [0.05, 0.1) is 12.2 Å². The molecule has 1 saturated heterocycles. The number of anilines is 1. The van der Waals surface area contributed by atoms with Crippen LogP contribution < -0.4 is 11.1 Å². The first-order valence-corrected chi connectivity index (χ1v) is 8.16. The lowest BCUT2D eigenvalue weighted by Crippen LogP contribution is -2.42. The van der Waals surface area contributed by atoms with Crippen molar-refractivity contribution in [2.75, 3.05) is 25.0 Å². The molecule has 1 heterocycles. The smallest absolute Gasteiger partial charge is 0.238 e. The number of carbonyl (C=O) groups is 1. The number of carbonyl (C=O) groups excluding carboxylic acids is 1. The van der Waals surface area contributed by atoms with Gasteiger partial charge in [-0.05, 0) is 73.5 Å². The molecule has 1 aliphatic rings. The molecule has 110 valence electrons. The minimum atomic E-state index is 0.0633. The highest BCUT2D eigenvalue weighted by Crippen LogP contribution is 2.20. The number of halogens is 1. The topological polar surface area (TPSA) is 58.4 Å². The van der Waals surface area contributed by atoms with Gasteiger partial charge in [-0.15, -0.1) is 0 Å². The third-order valence-corrected chi connectivity index (χ3v) is 4.83. The molecule has 1 atom stereocenters. The largest absolute Gasteiger partial charge is 0.328 e. The van der Waals surface area contributed by atoms with Gasteiger partial charge in [0.1, 0.15) is 0 Å². The van der Waals surface area contributed by atoms with Crippen molar-refractivity contribution in [1.82, 2.24) is 4.90 Å². The SMILES string of the molecule is CC(N)C1CCN(CC(=O)Nc2ccccc2I)CC1. The summed E-state index contributed by atoms with van der Waals surface area (Å²) in [5, 5.41) is 2.98. The Morgan fingerprint density at radius 2 is 2.10 bits per heavy atom. The van der Waals surface area contributed by atoms with Crippen molar-refractivity contribution >= 4 is 34.2 Å². The van der Waals surface area contributed by atoms with E-state index in [9.17, 15) is 4.79 Å². The molecule has 5 heteroatoms. The van der Waals surface area contributed by atoms with Crippen molar-refractivity contribution < 1.29 is 4.79 Å². The lowest BCUT2D eigenvalue weighted by atomic mass is 9.91. The van der Waals surface area contributed by atoms with Gasteiger partial charge in [-0.2, -0.15) is 0 Å². The number of nitrogens with one attached hydrogen (secondary N) is 1. The van der Waals surface area contributed by atoms with E-state index in [0.717, 1.165) is 35.2 Å². The van der Waals surface area contributed by atoms with Gasteiger partial charge in [-0.3, -0.25) is 9.69 Å². The number of likely N-dealkylation sites (tertiary alicyclic amines) is 1. The number of hydrogen-bond acceptors (Lipinski definition) is 3. The Labute approximate surface area is 134 Å². The number of rotatable bonds is 4. The number of amides is 1. The van der Waals surface area contributed by atoms with Gasteiger partial charge >= 0.3 is 0 Å². The zero-order chi connectivity index (χ0) is 14.5. The number of para-hydroxylation sites is 1. The van der Waals surface area contributed by atoms with E-state index in [-0.39, 0.29) is 11.9 Å². The average molecular weight is 387 g/mol. The van der Waals surface area contributed by atoms with Gasteiger partial charge in [-0.1, -0.05) is 12.1 Å². The van der Waals surface area contributed by atoms with E-state index in [2.05, 4.69) is 39.7 Å². The zero-order valence-electron chi connectivity index (χ0n) is 11.8. The number of nitrogens with two attached hydrogens (primary N) is 1. The lowest BCUT2D eigenvalue weighted by molar-refractivity contribution is -0.117. The summed E-state index contributed by atoms with van der Waals surface area (Å²) in [7, 11) is 0. The minimum absolute atomic E-state index is 0.0633. The minimum Gasteiger partial charge on any atom is -0.328 e. The number of nitrogens with zero attached hydrogens (tertiary/aromatic N) is 1. The Hall–Kier alpha value is -0.660. The highest BCUT2D eigenvalue weighted by molar-refractivity contribution is 14.1. The van der Waals surface area contributed by atoms with Crippen LogP contribution in [0.4, 0.5) is 5.69 Å². The van der Waals surface area contributed by atoms with Crippen molar-refractivity contribution in [3.63, 3.8) is 0 Å². The average Bonchev–Trinajstić information content (AvgIpc) is 2.42. The molecule has 1 fully saturated rings. The van der Waals surface area contributed by atoms with Gasteiger partial charge in [0.2, 0.25) is 5.91 Å². The molecule has 4 nitrogen and oxygen atoms in total. The molecule has 1 aromatic carbocycles. The Bertz CT molecular complexity index is 456. The third-order valence-electron chi connectivity index (χ3n) is 3.89. The van der Waals surface area contributed by atoms with Crippen molar-refractivity contribution in [3.8, 4) is 0 Å². The number of piperidine rings is 1. The maximum Gasteiger partial charge on any atom is 0.238 e. The van der Waals surface area contributed by atoms with Crippen LogP contribution in [-0.2, 0) is 4.79 Å². The monoisotopic (exact) mass is 387 g/mol. The predicted molar refractivity (Wildman–Crippen MR) is 90.6 cm³/mol. The second kappa shape index (κ2) is 7.38. The summed E-state index contributed by atoms with van der Waals surface area (Å²) in [5.74, 6) is 0.665. The Balaban J connectivity index is 1.80. The molecule has 3 N–H and O–H groups in total. The van der Waals surface area contributed by atoms with E-state index in [4.69, 9.17) is 5.73 Å². The molecular weight excluding hydrogens is 365 g/mol. The van der Waals surface area contributed by atoms with Gasteiger partial charge in [0.15, 0.2) is 0 Å². The van der Waals surface area contributed by atoms with E-state index in [0.29, 0.717) is 12.5 Å². The van der Waals surface area contributed by atoms with Crippen LogP contribution in [0.2, 0.25) is 0 Å². The van der Waals surface area contributed by atoms with Crippen LogP contribution in [-0.4, -0.2) is 36.5 Å². The van der Waals surface area contributed by atoms with E-state index in [1.807, 2.05) is 24.3 Å². The number of benzene rings is 1. The normalized spacial score (nSPS) is 18.8.